The highest BCUT2D eigenvalue weighted by Gasteiger charge is 2.07. The third kappa shape index (κ3) is 2.42. The van der Waals surface area contributed by atoms with Crippen LogP contribution in [0.4, 0.5) is 5.69 Å². The predicted octanol–water partition coefficient (Wildman–Crippen LogP) is 0.136. The lowest BCUT2D eigenvalue weighted by molar-refractivity contribution is 0.468. The molecule has 0 amide bonds. The van der Waals surface area contributed by atoms with E-state index in [0.717, 1.165) is 5.56 Å². The number of hydrogen-bond donors (Lipinski definition) is 4. The van der Waals surface area contributed by atoms with E-state index in [2.05, 4.69) is 4.98 Å². The molecule has 5 N–H and O–H groups in total. The number of phenolic OH excluding ortho intramolecular Hbond substituents is 1. The predicted molar refractivity (Wildman–Crippen MR) is 67.6 cm³/mol. The Morgan fingerprint density at radius 1 is 1.11 bits per heavy atom. The van der Waals surface area contributed by atoms with Gasteiger partial charge in [0.2, 0.25) is 0 Å². The molecule has 6 heteroatoms. The molecule has 0 aliphatic heterocycles. The number of H-pyrrole nitrogens is 2. The quantitative estimate of drug-likeness (QED) is 0.617. The van der Waals surface area contributed by atoms with Gasteiger partial charge in [0.05, 0.1) is 0 Å². The fourth-order valence-corrected chi connectivity index (χ4v) is 1.72. The van der Waals surface area contributed by atoms with Gasteiger partial charge in [-0.05, 0) is 24.5 Å². The zero-order valence-electron chi connectivity index (χ0n) is 9.56. The van der Waals surface area contributed by atoms with E-state index in [-0.39, 0.29) is 11.4 Å². The smallest absolute Gasteiger partial charge is 0.326 e. The van der Waals surface area contributed by atoms with E-state index in [1.807, 2.05) is 4.98 Å². The van der Waals surface area contributed by atoms with Crippen LogP contribution < -0.4 is 17.0 Å². The molecule has 0 saturated carbocycles. The minimum atomic E-state index is -0.592. The topological polar surface area (TPSA) is 112 Å². The largest absolute Gasteiger partial charge is 0.508 e. The van der Waals surface area contributed by atoms with Crippen molar-refractivity contribution in [1.29, 1.82) is 0 Å². The molecule has 0 radical (unpaired) electrons. The minimum absolute atomic E-state index is 0.00465. The number of para-hydroxylation sites is 1. The first-order chi connectivity index (χ1) is 8.58. The Balaban J connectivity index is 2.24. The average molecular weight is 247 g/mol. The number of nitrogens with two attached hydrogens (primary N) is 1. The van der Waals surface area contributed by atoms with Crippen molar-refractivity contribution in [3.8, 4) is 5.75 Å². The summed E-state index contributed by atoms with van der Waals surface area (Å²) in [7, 11) is 0. The van der Waals surface area contributed by atoms with Gasteiger partial charge >= 0.3 is 5.69 Å². The van der Waals surface area contributed by atoms with E-state index >= 15 is 0 Å². The number of aromatic hydroxyl groups is 1. The van der Waals surface area contributed by atoms with Crippen molar-refractivity contribution in [3.05, 3.63) is 56.4 Å². The molecule has 0 unspecified atom stereocenters. The molecule has 6 nitrogen and oxygen atoms in total. The number of phenols is 1. The lowest BCUT2D eigenvalue weighted by atomic mass is 10.1. The normalized spacial score (nSPS) is 10.4. The second-order valence-electron chi connectivity index (χ2n) is 3.93. The highest BCUT2D eigenvalue weighted by Crippen LogP contribution is 2.17. The van der Waals surface area contributed by atoms with E-state index in [4.69, 9.17) is 5.73 Å². The Hall–Kier alpha value is -2.50. The summed E-state index contributed by atoms with van der Waals surface area (Å²) in [6, 6.07) is 6.89. The first kappa shape index (κ1) is 12.0. The number of aryl methyl sites for hydroxylation is 2. The summed E-state index contributed by atoms with van der Waals surface area (Å²) in [6.07, 6.45) is 0.860. The van der Waals surface area contributed by atoms with Gasteiger partial charge in [0, 0.05) is 5.69 Å². The maximum absolute atomic E-state index is 11.3. The van der Waals surface area contributed by atoms with Crippen LogP contribution in [0.15, 0.2) is 33.9 Å². The van der Waals surface area contributed by atoms with Crippen LogP contribution in [-0.2, 0) is 12.8 Å². The second kappa shape index (κ2) is 4.79. The molecule has 1 aromatic heterocycles. The van der Waals surface area contributed by atoms with Gasteiger partial charge in [0.25, 0.3) is 5.56 Å². The number of aromatic amines is 2. The number of nitrogen functional groups attached to an aromatic ring is 1. The molecule has 0 aliphatic rings. The summed E-state index contributed by atoms with van der Waals surface area (Å²) in [4.78, 5) is 27.0. The van der Waals surface area contributed by atoms with Gasteiger partial charge in [0.15, 0.2) is 0 Å². The van der Waals surface area contributed by atoms with Crippen molar-refractivity contribution in [2.45, 2.75) is 12.8 Å². The van der Waals surface area contributed by atoms with E-state index in [1.54, 1.807) is 24.3 Å². The van der Waals surface area contributed by atoms with E-state index < -0.39 is 11.2 Å². The maximum Gasteiger partial charge on any atom is 0.326 e. The van der Waals surface area contributed by atoms with Crippen LogP contribution in [0.25, 0.3) is 0 Å². The average Bonchev–Trinajstić information content (AvgIpc) is 2.33. The third-order valence-corrected chi connectivity index (χ3v) is 2.70. The van der Waals surface area contributed by atoms with Crippen LogP contribution in [0, 0.1) is 0 Å². The van der Waals surface area contributed by atoms with Gasteiger partial charge in [-0.2, -0.15) is 0 Å². The Morgan fingerprint density at radius 3 is 2.56 bits per heavy atom. The number of hydrogen-bond acceptors (Lipinski definition) is 4. The van der Waals surface area contributed by atoms with Gasteiger partial charge in [-0.15, -0.1) is 0 Å². The van der Waals surface area contributed by atoms with Crippen molar-refractivity contribution in [3.63, 3.8) is 0 Å². The number of benzene rings is 1. The molecule has 0 aliphatic carbocycles. The number of nitrogens with one attached hydrogen (secondary N) is 2. The second-order valence-corrected chi connectivity index (χ2v) is 3.93. The SMILES string of the molecule is Nc1c(CCc2ccccc2O)[nH]c(=O)[nH]c1=O. The number of rotatable bonds is 3. The Morgan fingerprint density at radius 2 is 1.83 bits per heavy atom. The van der Waals surface area contributed by atoms with Crippen LogP contribution >= 0.6 is 0 Å². The molecule has 0 fully saturated rings. The summed E-state index contributed by atoms with van der Waals surface area (Å²) < 4.78 is 0. The molecule has 0 atom stereocenters. The van der Waals surface area contributed by atoms with Crippen LogP contribution in [0.2, 0.25) is 0 Å². The molecule has 1 aromatic carbocycles. The maximum atomic E-state index is 11.3. The molecule has 18 heavy (non-hydrogen) atoms. The Kier molecular flexibility index (Phi) is 3.18. The molecule has 94 valence electrons. The highest BCUT2D eigenvalue weighted by molar-refractivity contribution is 5.40. The lowest BCUT2D eigenvalue weighted by Crippen LogP contribution is -2.27. The summed E-state index contributed by atoms with van der Waals surface area (Å²) in [5.41, 5.74) is 5.52. The summed E-state index contributed by atoms with van der Waals surface area (Å²) >= 11 is 0. The van der Waals surface area contributed by atoms with Gasteiger partial charge in [-0.25, -0.2) is 4.79 Å². The van der Waals surface area contributed by atoms with Crippen LogP contribution in [0.3, 0.4) is 0 Å². The molecule has 2 rings (SSSR count). The molecule has 2 aromatic rings. The number of aromatic nitrogens is 2. The summed E-state index contributed by atoms with van der Waals surface area (Å²) in [6.45, 7) is 0. The van der Waals surface area contributed by atoms with Crippen LogP contribution in [-0.4, -0.2) is 15.1 Å². The molecule has 1 heterocycles. The lowest BCUT2D eigenvalue weighted by Gasteiger charge is -2.05. The zero-order valence-corrected chi connectivity index (χ0v) is 9.56. The van der Waals surface area contributed by atoms with Crippen molar-refractivity contribution >= 4 is 5.69 Å². The first-order valence-corrected chi connectivity index (χ1v) is 5.45. The van der Waals surface area contributed by atoms with E-state index in [9.17, 15) is 14.7 Å². The van der Waals surface area contributed by atoms with Crippen molar-refractivity contribution in [2.24, 2.45) is 0 Å². The fraction of sp³-hybridized carbons (Fsp3) is 0.167. The van der Waals surface area contributed by atoms with E-state index in [1.165, 1.54) is 0 Å². The highest BCUT2D eigenvalue weighted by atomic mass is 16.3. The summed E-state index contributed by atoms with van der Waals surface area (Å²) in [5, 5.41) is 9.60. The first-order valence-electron chi connectivity index (χ1n) is 5.45. The zero-order chi connectivity index (χ0) is 13.1. The van der Waals surface area contributed by atoms with Crippen molar-refractivity contribution < 1.29 is 5.11 Å². The molecular weight excluding hydrogens is 234 g/mol. The van der Waals surface area contributed by atoms with Crippen LogP contribution in [0.5, 0.6) is 5.75 Å². The third-order valence-electron chi connectivity index (χ3n) is 2.70. The van der Waals surface area contributed by atoms with Gasteiger partial charge in [-0.3, -0.25) is 9.78 Å². The fourth-order valence-electron chi connectivity index (χ4n) is 1.72. The molecule has 0 bridgehead atoms. The standard InChI is InChI=1S/C12H13N3O3/c13-10-8(14-12(18)15-11(10)17)6-5-7-3-1-2-4-9(7)16/h1-4,16H,5-6,13H2,(H2,14,15,17,18). The van der Waals surface area contributed by atoms with Gasteiger partial charge < -0.3 is 15.8 Å². The Bertz CT molecular complexity index is 673. The summed E-state index contributed by atoms with van der Waals surface area (Å²) in [5.74, 6) is 0.184. The monoisotopic (exact) mass is 247 g/mol. The van der Waals surface area contributed by atoms with E-state index in [0.29, 0.717) is 18.5 Å². The van der Waals surface area contributed by atoms with Gasteiger partial charge in [-0.1, -0.05) is 18.2 Å². The van der Waals surface area contributed by atoms with Gasteiger partial charge in [0.1, 0.15) is 11.4 Å². The minimum Gasteiger partial charge on any atom is -0.508 e. The van der Waals surface area contributed by atoms with Crippen molar-refractivity contribution in [2.75, 3.05) is 5.73 Å². The molecule has 0 saturated heterocycles. The Labute approximate surface area is 102 Å². The van der Waals surface area contributed by atoms with Crippen LogP contribution in [0.1, 0.15) is 11.3 Å². The van der Waals surface area contributed by atoms with Crippen molar-refractivity contribution in [1.82, 2.24) is 9.97 Å². The number of anilines is 1. The molecule has 0 spiro atoms. The molecular formula is C12H13N3O3.